The fourth-order valence-electron chi connectivity index (χ4n) is 2.70. The lowest BCUT2D eigenvalue weighted by Gasteiger charge is -2.15. The molecule has 1 N–H and O–H groups in total. The summed E-state index contributed by atoms with van der Waals surface area (Å²) in [7, 11) is 0. The van der Waals surface area contributed by atoms with Crippen molar-refractivity contribution in [1.29, 1.82) is 0 Å². The Morgan fingerprint density at radius 3 is 2.68 bits per heavy atom. The summed E-state index contributed by atoms with van der Waals surface area (Å²) >= 11 is 5.99. The van der Waals surface area contributed by atoms with Gasteiger partial charge in [-0.25, -0.2) is 4.39 Å². The van der Waals surface area contributed by atoms with Gasteiger partial charge in [0.25, 0.3) is 0 Å². The zero-order valence-corrected chi connectivity index (χ0v) is 11.1. The number of aliphatic hydroxyl groups is 1. The monoisotopic (exact) mass is 276 g/mol. The van der Waals surface area contributed by atoms with Crippen LogP contribution in [0.3, 0.4) is 0 Å². The van der Waals surface area contributed by atoms with Gasteiger partial charge in [-0.3, -0.25) is 0 Å². The van der Waals surface area contributed by atoms with E-state index in [9.17, 15) is 9.50 Å². The van der Waals surface area contributed by atoms with Gasteiger partial charge in [-0.05, 0) is 48.1 Å². The molecule has 2 aromatic rings. The molecule has 1 unspecified atom stereocenters. The fraction of sp³-hybridized carbons (Fsp3) is 0.250. The molecule has 0 saturated heterocycles. The Morgan fingerprint density at radius 2 is 1.89 bits per heavy atom. The molecule has 0 spiro atoms. The minimum Gasteiger partial charge on any atom is -0.383 e. The molecule has 3 rings (SSSR count). The summed E-state index contributed by atoms with van der Waals surface area (Å²) in [6.07, 6.45) is 2.25. The molecular weight excluding hydrogens is 263 g/mol. The first kappa shape index (κ1) is 12.6. The van der Waals surface area contributed by atoms with Crippen LogP contribution in [0, 0.1) is 5.82 Å². The van der Waals surface area contributed by atoms with Crippen molar-refractivity contribution in [2.75, 3.05) is 0 Å². The van der Waals surface area contributed by atoms with Gasteiger partial charge in [-0.15, -0.1) is 0 Å². The zero-order chi connectivity index (χ0) is 13.4. The molecule has 0 fully saturated rings. The smallest absolute Gasteiger partial charge is 0.130 e. The fourth-order valence-corrected chi connectivity index (χ4v) is 2.97. The SMILES string of the molecule is OC(c1ccc2c(c1)CCC2)c1c(F)cccc1Cl. The normalized spacial score (nSPS) is 15.3. The number of aliphatic hydroxyl groups excluding tert-OH is 1. The third-order valence-corrected chi connectivity index (χ3v) is 4.04. The second kappa shape index (κ2) is 4.95. The molecule has 0 aliphatic heterocycles. The number of aryl methyl sites for hydroxylation is 2. The van der Waals surface area contributed by atoms with Gasteiger partial charge in [0.1, 0.15) is 11.9 Å². The number of benzene rings is 2. The molecule has 1 atom stereocenters. The van der Waals surface area contributed by atoms with Crippen LogP contribution in [0.2, 0.25) is 5.02 Å². The molecular formula is C16H14ClFO. The average Bonchev–Trinajstić information content (AvgIpc) is 2.85. The van der Waals surface area contributed by atoms with Crippen LogP contribution in [0.1, 0.15) is 34.8 Å². The molecule has 0 radical (unpaired) electrons. The Bertz CT molecular complexity index is 604. The highest BCUT2D eigenvalue weighted by atomic mass is 35.5. The molecule has 98 valence electrons. The maximum Gasteiger partial charge on any atom is 0.130 e. The minimum absolute atomic E-state index is 0.155. The van der Waals surface area contributed by atoms with Crippen LogP contribution in [-0.2, 0) is 12.8 Å². The van der Waals surface area contributed by atoms with Crippen LogP contribution < -0.4 is 0 Å². The highest BCUT2D eigenvalue weighted by Crippen LogP contribution is 2.32. The van der Waals surface area contributed by atoms with E-state index in [0.717, 1.165) is 19.3 Å². The van der Waals surface area contributed by atoms with Crippen LogP contribution in [0.4, 0.5) is 4.39 Å². The highest BCUT2D eigenvalue weighted by molar-refractivity contribution is 6.31. The molecule has 2 aromatic carbocycles. The van der Waals surface area contributed by atoms with Crippen molar-refractivity contribution in [1.82, 2.24) is 0 Å². The second-order valence-corrected chi connectivity index (χ2v) is 5.33. The largest absolute Gasteiger partial charge is 0.383 e. The predicted octanol–water partition coefficient (Wildman–Crippen LogP) is 4.05. The van der Waals surface area contributed by atoms with E-state index in [1.807, 2.05) is 18.2 Å². The predicted molar refractivity (Wildman–Crippen MR) is 73.9 cm³/mol. The molecule has 19 heavy (non-hydrogen) atoms. The number of fused-ring (bicyclic) bond motifs is 1. The Hall–Kier alpha value is -1.38. The number of halogens is 2. The van der Waals surface area contributed by atoms with Crippen LogP contribution in [-0.4, -0.2) is 5.11 Å². The standard InChI is InChI=1S/C16H14ClFO/c17-13-5-2-6-14(18)15(13)16(19)12-8-7-10-3-1-4-11(10)9-12/h2,5-9,16,19H,1,3-4H2. The van der Waals surface area contributed by atoms with E-state index < -0.39 is 11.9 Å². The van der Waals surface area contributed by atoms with Gasteiger partial charge in [0.15, 0.2) is 0 Å². The molecule has 0 saturated carbocycles. The van der Waals surface area contributed by atoms with Crippen molar-refractivity contribution in [2.45, 2.75) is 25.4 Å². The van der Waals surface area contributed by atoms with Gasteiger partial charge in [0.05, 0.1) is 0 Å². The lowest BCUT2D eigenvalue weighted by Crippen LogP contribution is -2.04. The first-order valence-corrected chi connectivity index (χ1v) is 6.78. The Labute approximate surface area is 116 Å². The van der Waals surface area contributed by atoms with Crippen molar-refractivity contribution in [3.8, 4) is 0 Å². The van der Waals surface area contributed by atoms with Gasteiger partial charge in [0, 0.05) is 10.6 Å². The molecule has 1 aliphatic carbocycles. The van der Waals surface area contributed by atoms with E-state index in [1.54, 1.807) is 6.07 Å². The van der Waals surface area contributed by atoms with Crippen molar-refractivity contribution in [2.24, 2.45) is 0 Å². The lowest BCUT2D eigenvalue weighted by atomic mass is 9.97. The Morgan fingerprint density at radius 1 is 1.11 bits per heavy atom. The van der Waals surface area contributed by atoms with Crippen LogP contribution >= 0.6 is 11.6 Å². The van der Waals surface area contributed by atoms with Crippen molar-refractivity contribution in [3.63, 3.8) is 0 Å². The molecule has 3 heteroatoms. The molecule has 0 bridgehead atoms. The average molecular weight is 277 g/mol. The topological polar surface area (TPSA) is 20.2 Å². The number of hydrogen-bond donors (Lipinski definition) is 1. The van der Waals surface area contributed by atoms with Crippen molar-refractivity contribution >= 4 is 11.6 Å². The number of rotatable bonds is 2. The Balaban J connectivity index is 2.02. The third kappa shape index (κ3) is 2.26. The van der Waals surface area contributed by atoms with E-state index in [4.69, 9.17) is 11.6 Å². The lowest BCUT2D eigenvalue weighted by molar-refractivity contribution is 0.215. The Kier molecular flexibility index (Phi) is 3.29. The zero-order valence-electron chi connectivity index (χ0n) is 10.4. The van der Waals surface area contributed by atoms with Gasteiger partial charge < -0.3 is 5.11 Å². The van der Waals surface area contributed by atoms with E-state index in [2.05, 4.69) is 0 Å². The van der Waals surface area contributed by atoms with Crippen LogP contribution in [0.15, 0.2) is 36.4 Å². The summed E-state index contributed by atoms with van der Waals surface area (Å²) in [5, 5.41) is 10.6. The summed E-state index contributed by atoms with van der Waals surface area (Å²) in [6, 6.07) is 10.3. The summed E-state index contributed by atoms with van der Waals surface area (Å²) in [4.78, 5) is 0. The highest BCUT2D eigenvalue weighted by Gasteiger charge is 2.20. The maximum atomic E-state index is 13.8. The van der Waals surface area contributed by atoms with Gasteiger partial charge in [0.2, 0.25) is 0 Å². The van der Waals surface area contributed by atoms with Crippen molar-refractivity contribution < 1.29 is 9.50 Å². The van der Waals surface area contributed by atoms with Crippen LogP contribution in [0.25, 0.3) is 0 Å². The van der Waals surface area contributed by atoms with Crippen LogP contribution in [0.5, 0.6) is 0 Å². The summed E-state index contributed by atoms with van der Waals surface area (Å²) < 4.78 is 13.8. The first-order chi connectivity index (χ1) is 9.16. The van der Waals surface area contributed by atoms with Gasteiger partial charge in [-0.1, -0.05) is 35.9 Å². The summed E-state index contributed by atoms with van der Waals surface area (Å²) in [5.41, 5.74) is 3.44. The molecule has 1 aliphatic rings. The quantitative estimate of drug-likeness (QED) is 0.877. The van der Waals surface area contributed by atoms with E-state index >= 15 is 0 Å². The molecule has 0 amide bonds. The van der Waals surface area contributed by atoms with E-state index in [0.29, 0.717) is 5.56 Å². The van der Waals surface area contributed by atoms with Gasteiger partial charge >= 0.3 is 0 Å². The molecule has 0 aromatic heterocycles. The summed E-state index contributed by atoms with van der Waals surface area (Å²) in [6.45, 7) is 0. The number of hydrogen-bond acceptors (Lipinski definition) is 1. The summed E-state index contributed by atoms with van der Waals surface area (Å²) in [5.74, 6) is -0.472. The third-order valence-electron chi connectivity index (χ3n) is 3.71. The van der Waals surface area contributed by atoms with Crippen molar-refractivity contribution in [3.05, 3.63) is 69.5 Å². The van der Waals surface area contributed by atoms with E-state index in [-0.39, 0.29) is 10.6 Å². The first-order valence-electron chi connectivity index (χ1n) is 6.40. The van der Waals surface area contributed by atoms with E-state index in [1.165, 1.54) is 23.3 Å². The molecule has 0 heterocycles. The molecule has 1 nitrogen and oxygen atoms in total. The minimum atomic E-state index is -1.01. The van der Waals surface area contributed by atoms with Gasteiger partial charge in [-0.2, -0.15) is 0 Å². The maximum absolute atomic E-state index is 13.8. The second-order valence-electron chi connectivity index (χ2n) is 4.92.